The normalized spacial score (nSPS) is 10.6. The highest BCUT2D eigenvalue weighted by molar-refractivity contribution is 7.98. The monoisotopic (exact) mass is 261 g/mol. The number of primary amides is 1. The zero-order chi connectivity index (χ0) is 13.1. The van der Waals surface area contributed by atoms with Crippen molar-refractivity contribution in [3.8, 4) is 11.4 Å². The number of aromatic nitrogens is 2. The highest BCUT2D eigenvalue weighted by Crippen LogP contribution is 2.22. The number of rotatable bonds is 4. The van der Waals surface area contributed by atoms with E-state index in [0.717, 1.165) is 17.1 Å². The fraction of sp³-hybridized carbons (Fsp3) is 0.231. The van der Waals surface area contributed by atoms with Crippen molar-refractivity contribution in [3.63, 3.8) is 0 Å². The number of carbonyl (C=O) groups excluding carboxylic acids is 1. The van der Waals surface area contributed by atoms with Crippen LogP contribution in [-0.2, 0) is 11.2 Å². The molecule has 0 aliphatic carbocycles. The third-order valence-electron chi connectivity index (χ3n) is 2.69. The molecule has 0 unspecified atom stereocenters. The Balaban J connectivity index is 2.30. The van der Waals surface area contributed by atoms with Gasteiger partial charge in [-0.1, -0.05) is 12.1 Å². The molecule has 94 valence electrons. The van der Waals surface area contributed by atoms with E-state index in [1.54, 1.807) is 11.8 Å². The van der Waals surface area contributed by atoms with Crippen LogP contribution in [0.4, 0.5) is 0 Å². The van der Waals surface area contributed by atoms with E-state index in [4.69, 9.17) is 5.73 Å². The van der Waals surface area contributed by atoms with Gasteiger partial charge in [0.25, 0.3) is 0 Å². The second-order valence-electron chi connectivity index (χ2n) is 4.03. The molecule has 4 nitrogen and oxygen atoms in total. The van der Waals surface area contributed by atoms with Gasteiger partial charge in [0, 0.05) is 16.2 Å². The van der Waals surface area contributed by atoms with Gasteiger partial charge in [-0.3, -0.25) is 4.79 Å². The lowest BCUT2D eigenvalue weighted by Gasteiger charge is -1.98. The zero-order valence-electron chi connectivity index (χ0n) is 10.4. The number of aromatic amines is 1. The van der Waals surface area contributed by atoms with Crippen LogP contribution >= 0.6 is 11.8 Å². The van der Waals surface area contributed by atoms with E-state index < -0.39 is 0 Å². The van der Waals surface area contributed by atoms with E-state index in [0.29, 0.717) is 5.69 Å². The first kappa shape index (κ1) is 12.7. The topological polar surface area (TPSA) is 71.8 Å². The Labute approximate surface area is 110 Å². The van der Waals surface area contributed by atoms with Gasteiger partial charge in [0.1, 0.15) is 5.82 Å². The molecule has 0 saturated heterocycles. The molecule has 2 aromatic rings. The summed E-state index contributed by atoms with van der Waals surface area (Å²) in [5.74, 6) is 0.408. The van der Waals surface area contributed by atoms with E-state index in [2.05, 4.69) is 9.97 Å². The van der Waals surface area contributed by atoms with Crippen LogP contribution in [0.3, 0.4) is 0 Å². The van der Waals surface area contributed by atoms with Gasteiger partial charge in [-0.2, -0.15) is 0 Å². The van der Waals surface area contributed by atoms with Crippen LogP contribution in [0.2, 0.25) is 0 Å². The molecule has 0 atom stereocenters. The smallest absolute Gasteiger partial charge is 0.223 e. The fourth-order valence-electron chi connectivity index (χ4n) is 1.72. The molecule has 0 aliphatic rings. The first-order valence-corrected chi connectivity index (χ1v) is 6.81. The molecule has 0 fully saturated rings. The minimum atomic E-state index is -0.367. The zero-order valence-corrected chi connectivity index (χ0v) is 11.2. The highest BCUT2D eigenvalue weighted by Gasteiger charge is 2.10. The number of aryl methyl sites for hydroxylation is 1. The van der Waals surface area contributed by atoms with Gasteiger partial charge in [-0.15, -0.1) is 11.8 Å². The number of benzene rings is 1. The maximum atomic E-state index is 10.9. The lowest BCUT2D eigenvalue weighted by atomic mass is 10.2. The third-order valence-corrected chi connectivity index (χ3v) is 3.43. The van der Waals surface area contributed by atoms with E-state index in [9.17, 15) is 4.79 Å². The average molecular weight is 261 g/mol. The predicted molar refractivity (Wildman–Crippen MR) is 73.4 cm³/mol. The molecule has 0 bridgehead atoms. The lowest BCUT2D eigenvalue weighted by molar-refractivity contribution is -0.117. The molecule has 1 heterocycles. The molecule has 2 rings (SSSR count). The molecule has 1 amide bonds. The molecule has 0 spiro atoms. The summed E-state index contributed by atoms with van der Waals surface area (Å²) in [6.07, 6.45) is 2.21. The summed E-state index contributed by atoms with van der Waals surface area (Å²) in [5.41, 5.74) is 7.79. The number of imidazole rings is 1. The Morgan fingerprint density at radius 1 is 1.39 bits per heavy atom. The summed E-state index contributed by atoms with van der Waals surface area (Å²) >= 11 is 1.70. The number of nitrogens with one attached hydrogen (secondary N) is 1. The number of nitrogens with zero attached hydrogens (tertiary/aromatic N) is 1. The Bertz CT molecular complexity index is 560. The van der Waals surface area contributed by atoms with Crippen LogP contribution in [0.5, 0.6) is 0 Å². The van der Waals surface area contributed by atoms with Gasteiger partial charge in [-0.25, -0.2) is 4.98 Å². The van der Waals surface area contributed by atoms with E-state index in [1.165, 1.54) is 4.90 Å². The number of carbonyl (C=O) groups is 1. The molecule has 0 saturated carbocycles. The average Bonchev–Trinajstić information content (AvgIpc) is 2.70. The van der Waals surface area contributed by atoms with Crippen LogP contribution in [-0.4, -0.2) is 22.1 Å². The quantitative estimate of drug-likeness (QED) is 0.828. The van der Waals surface area contributed by atoms with Gasteiger partial charge < -0.3 is 10.7 Å². The van der Waals surface area contributed by atoms with E-state index in [-0.39, 0.29) is 12.3 Å². The molecule has 0 aliphatic heterocycles. The summed E-state index contributed by atoms with van der Waals surface area (Å²) in [6, 6.07) is 8.12. The van der Waals surface area contributed by atoms with Gasteiger partial charge in [0.2, 0.25) is 5.91 Å². The summed E-state index contributed by atoms with van der Waals surface area (Å²) in [5, 5.41) is 0. The summed E-state index contributed by atoms with van der Waals surface area (Å²) in [7, 11) is 0. The third kappa shape index (κ3) is 2.73. The standard InChI is InChI=1S/C13H15N3OS/c1-8-11(7-12(14)17)16-13(15-8)9-3-5-10(18-2)6-4-9/h3-6H,7H2,1-2H3,(H2,14,17)(H,15,16). The van der Waals surface area contributed by atoms with Crippen LogP contribution in [0.1, 0.15) is 11.4 Å². The predicted octanol–water partition coefficient (Wildman–Crippen LogP) is 2.13. The number of amides is 1. The molecule has 0 radical (unpaired) electrons. The lowest BCUT2D eigenvalue weighted by Crippen LogP contribution is -2.14. The van der Waals surface area contributed by atoms with Crippen molar-refractivity contribution < 1.29 is 4.79 Å². The molecule has 18 heavy (non-hydrogen) atoms. The van der Waals surface area contributed by atoms with Crippen molar-refractivity contribution in [1.29, 1.82) is 0 Å². The number of H-pyrrole nitrogens is 1. The van der Waals surface area contributed by atoms with Crippen molar-refractivity contribution in [2.24, 2.45) is 5.73 Å². The van der Waals surface area contributed by atoms with Gasteiger partial charge in [0.05, 0.1) is 12.1 Å². The van der Waals surface area contributed by atoms with E-state index in [1.807, 2.05) is 37.4 Å². The van der Waals surface area contributed by atoms with Gasteiger partial charge in [0.15, 0.2) is 0 Å². The minimum absolute atomic E-state index is 0.172. The minimum Gasteiger partial charge on any atom is -0.369 e. The molecular weight excluding hydrogens is 246 g/mol. The van der Waals surface area contributed by atoms with Crippen molar-refractivity contribution in [2.45, 2.75) is 18.2 Å². The summed E-state index contributed by atoms with van der Waals surface area (Å²) in [4.78, 5) is 19.7. The van der Waals surface area contributed by atoms with Crippen molar-refractivity contribution in [2.75, 3.05) is 6.26 Å². The maximum absolute atomic E-state index is 10.9. The first-order chi connectivity index (χ1) is 8.60. The van der Waals surface area contributed by atoms with Crippen LogP contribution in [0, 0.1) is 6.92 Å². The summed E-state index contributed by atoms with van der Waals surface area (Å²) < 4.78 is 0. The van der Waals surface area contributed by atoms with Crippen molar-refractivity contribution in [3.05, 3.63) is 35.7 Å². The molecular formula is C13H15N3OS. The number of nitrogens with two attached hydrogens (primary N) is 1. The molecule has 5 heteroatoms. The van der Waals surface area contributed by atoms with Gasteiger partial charge in [-0.05, 0) is 25.3 Å². The Kier molecular flexibility index (Phi) is 3.72. The Morgan fingerprint density at radius 3 is 2.61 bits per heavy atom. The summed E-state index contributed by atoms with van der Waals surface area (Å²) in [6.45, 7) is 1.89. The van der Waals surface area contributed by atoms with Crippen LogP contribution < -0.4 is 5.73 Å². The Hall–Kier alpha value is -1.75. The molecule has 1 aromatic heterocycles. The SMILES string of the molecule is CSc1ccc(-c2nc(CC(N)=O)c(C)[nH]2)cc1. The van der Waals surface area contributed by atoms with Crippen molar-refractivity contribution in [1.82, 2.24) is 9.97 Å². The first-order valence-electron chi connectivity index (χ1n) is 5.58. The second kappa shape index (κ2) is 5.27. The fourth-order valence-corrected chi connectivity index (χ4v) is 2.13. The number of hydrogen-bond donors (Lipinski definition) is 2. The largest absolute Gasteiger partial charge is 0.369 e. The van der Waals surface area contributed by atoms with Crippen LogP contribution in [0.25, 0.3) is 11.4 Å². The number of hydrogen-bond acceptors (Lipinski definition) is 3. The van der Waals surface area contributed by atoms with E-state index >= 15 is 0 Å². The van der Waals surface area contributed by atoms with Crippen molar-refractivity contribution >= 4 is 17.7 Å². The Morgan fingerprint density at radius 2 is 2.06 bits per heavy atom. The highest BCUT2D eigenvalue weighted by atomic mass is 32.2. The molecule has 1 aromatic carbocycles. The van der Waals surface area contributed by atoms with Gasteiger partial charge >= 0.3 is 0 Å². The second-order valence-corrected chi connectivity index (χ2v) is 4.91. The number of thioether (sulfide) groups is 1. The van der Waals surface area contributed by atoms with Crippen LogP contribution in [0.15, 0.2) is 29.2 Å². The maximum Gasteiger partial charge on any atom is 0.223 e. The molecule has 3 N–H and O–H groups in total.